The third-order valence-corrected chi connectivity index (χ3v) is 7.00. The van der Waals surface area contributed by atoms with Gasteiger partial charge >= 0.3 is 6.36 Å². The highest BCUT2D eigenvalue weighted by atomic mass is 32.2. The molecule has 0 spiro atoms. The maximum atomic E-state index is 13.0. The molecule has 1 heterocycles. The molecule has 1 saturated heterocycles. The molecule has 3 rings (SSSR count). The van der Waals surface area contributed by atoms with E-state index >= 15 is 0 Å². The van der Waals surface area contributed by atoms with E-state index in [2.05, 4.69) is 10.1 Å². The molecular weight excluding hydrogens is 433 g/mol. The molecule has 10 heteroatoms. The summed E-state index contributed by atoms with van der Waals surface area (Å²) in [4.78, 5) is 13.1. The molecule has 1 fully saturated rings. The summed E-state index contributed by atoms with van der Waals surface area (Å²) in [6, 6.07) is 11.7. The highest BCUT2D eigenvalue weighted by Crippen LogP contribution is 2.27. The van der Waals surface area contributed by atoms with Gasteiger partial charge in [-0.15, -0.1) is 13.2 Å². The number of halogens is 3. The number of alkyl halides is 3. The van der Waals surface area contributed by atoms with E-state index in [1.165, 1.54) is 28.6 Å². The van der Waals surface area contributed by atoms with Crippen LogP contribution in [0.1, 0.15) is 37.8 Å². The SMILES string of the molecule is CC(NC(=O)C1CCCCN1S(=O)(=O)c1ccccc1)c1ccc(OC(F)(F)F)cc1. The fourth-order valence-corrected chi connectivity index (χ4v) is 5.21. The van der Waals surface area contributed by atoms with Crippen molar-refractivity contribution in [3.63, 3.8) is 0 Å². The summed E-state index contributed by atoms with van der Waals surface area (Å²) in [7, 11) is -3.83. The van der Waals surface area contributed by atoms with Crippen molar-refractivity contribution in [1.82, 2.24) is 9.62 Å². The van der Waals surface area contributed by atoms with Gasteiger partial charge in [-0.25, -0.2) is 8.42 Å². The normalized spacial score (nSPS) is 18.9. The monoisotopic (exact) mass is 456 g/mol. The van der Waals surface area contributed by atoms with Crippen molar-refractivity contribution in [2.75, 3.05) is 6.54 Å². The van der Waals surface area contributed by atoms with E-state index in [4.69, 9.17) is 0 Å². The van der Waals surface area contributed by atoms with Crippen LogP contribution in [0.5, 0.6) is 5.75 Å². The third kappa shape index (κ3) is 5.76. The standard InChI is InChI=1S/C21H23F3N2O4S/c1-15(16-10-12-17(13-11-16)30-21(22,23)24)25-20(27)19-9-5-6-14-26(19)31(28,29)18-7-3-2-4-8-18/h2-4,7-8,10-13,15,19H,5-6,9,14H2,1H3,(H,25,27). The van der Waals surface area contributed by atoms with Gasteiger partial charge in [0.2, 0.25) is 15.9 Å². The molecule has 0 radical (unpaired) electrons. The Morgan fingerprint density at radius 2 is 1.74 bits per heavy atom. The van der Waals surface area contributed by atoms with Crippen LogP contribution in [0.25, 0.3) is 0 Å². The predicted molar refractivity (Wildman–Crippen MR) is 108 cm³/mol. The molecule has 1 aliphatic heterocycles. The Balaban J connectivity index is 1.72. The largest absolute Gasteiger partial charge is 0.573 e. The number of rotatable bonds is 6. The Morgan fingerprint density at radius 1 is 1.10 bits per heavy atom. The molecule has 2 aromatic rings. The van der Waals surface area contributed by atoms with Crippen LogP contribution in [0.4, 0.5) is 13.2 Å². The van der Waals surface area contributed by atoms with Gasteiger partial charge in [0.25, 0.3) is 0 Å². The van der Waals surface area contributed by atoms with E-state index in [0.29, 0.717) is 18.4 Å². The lowest BCUT2D eigenvalue weighted by Crippen LogP contribution is -2.52. The molecule has 31 heavy (non-hydrogen) atoms. The van der Waals surface area contributed by atoms with Gasteiger partial charge in [0.15, 0.2) is 0 Å². The summed E-state index contributed by atoms with van der Waals surface area (Å²) in [5.41, 5.74) is 0.566. The fourth-order valence-electron chi connectivity index (χ4n) is 3.53. The van der Waals surface area contributed by atoms with Crippen LogP contribution in [0.2, 0.25) is 0 Å². The third-order valence-electron chi connectivity index (χ3n) is 5.08. The molecule has 1 N–H and O–H groups in total. The van der Waals surface area contributed by atoms with Gasteiger partial charge in [-0.2, -0.15) is 4.31 Å². The number of sulfonamides is 1. The first-order valence-electron chi connectivity index (χ1n) is 9.81. The van der Waals surface area contributed by atoms with Crippen molar-refractivity contribution < 1.29 is 31.1 Å². The minimum atomic E-state index is -4.78. The zero-order valence-electron chi connectivity index (χ0n) is 16.8. The maximum absolute atomic E-state index is 13.0. The van der Waals surface area contributed by atoms with E-state index < -0.39 is 34.4 Å². The van der Waals surface area contributed by atoms with Gasteiger partial charge in [0.1, 0.15) is 11.8 Å². The number of carbonyl (C=O) groups excluding carboxylic acids is 1. The average Bonchev–Trinajstić information content (AvgIpc) is 2.73. The highest BCUT2D eigenvalue weighted by Gasteiger charge is 2.38. The van der Waals surface area contributed by atoms with E-state index in [1.807, 2.05) is 0 Å². The second kappa shape index (κ2) is 9.27. The van der Waals surface area contributed by atoms with Crippen molar-refractivity contribution in [2.45, 2.75) is 49.5 Å². The van der Waals surface area contributed by atoms with Crippen LogP contribution >= 0.6 is 0 Å². The van der Waals surface area contributed by atoms with Gasteiger partial charge in [0.05, 0.1) is 10.9 Å². The molecule has 1 aliphatic rings. The number of carbonyl (C=O) groups is 1. The molecule has 1 amide bonds. The van der Waals surface area contributed by atoms with Crippen LogP contribution in [-0.2, 0) is 14.8 Å². The number of nitrogens with zero attached hydrogens (tertiary/aromatic N) is 1. The van der Waals surface area contributed by atoms with Gasteiger partial charge < -0.3 is 10.1 Å². The zero-order chi connectivity index (χ0) is 22.6. The Bertz CT molecular complexity index is 996. The topological polar surface area (TPSA) is 75.7 Å². The van der Waals surface area contributed by atoms with Gasteiger partial charge in [0, 0.05) is 6.54 Å². The lowest BCUT2D eigenvalue weighted by atomic mass is 10.0. The van der Waals surface area contributed by atoms with E-state index in [0.717, 1.165) is 18.6 Å². The van der Waals surface area contributed by atoms with Crippen LogP contribution in [0.3, 0.4) is 0 Å². The second-order valence-corrected chi connectivity index (χ2v) is 9.18. The summed E-state index contributed by atoms with van der Waals surface area (Å²) >= 11 is 0. The van der Waals surface area contributed by atoms with Crippen LogP contribution < -0.4 is 10.1 Å². The molecule has 0 aromatic heterocycles. The summed E-state index contributed by atoms with van der Waals surface area (Å²) in [6.45, 7) is 1.92. The van der Waals surface area contributed by atoms with Gasteiger partial charge in [-0.1, -0.05) is 36.8 Å². The number of amides is 1. The average molecular weight is 456 g/mol. The molecule has 168 valence electrons. The van der Waals surface area contributed by atoms with Crippen molar-refractivity contribution in [3.05, 3.63) is 60.2 Å². The van der Waals surface area contributed by atoms with Crippen molar-refractivity contribution in [3.8, 4) is 5.75 Å². The smallest absolute Gasteiger partial charge is 0.406 e. The van der Waals surface area contributed by atoms with Crippen molar-refractivity contribution in [1.29, 1.82) is 0 Å². The van der Waals surface area contributed by atoms with Crippen LogP contribution in [0, 0.1) is 0 Å². The van der Waals surface area contributed by atoms with E-state index in [-0.39, 0.29) is 17.2 Å². The Hall–Kier alpha value is -2.59. The van der Waals surface area contributed by atoms with E-state index in [9.17, 15) is 26.4 Å². The van der Waals surface area contributed by atoms with E-state index in [1.54, 1.807) is 25.1 Å². The number of nitrogens with one attached hydrogen (secondary N) is 1. The Morgan fingerprint density at radius 3 is 2.35 bits per heavy atom. The molecule has 2 unspecified atom stereocenters. The lowest BCUT2D eigenvalue weighted by Gasteiger charge is -2.34. The van der Waals surface area contributed by atoms with Crippen molar-refractivity contribution in [2.24, 2.45) is 0 Å². The lowest BCUT2D eigenvalue weighted by molar-refractivity contribution is -0.274. The fraction of sp³-hybridized carbons (Fsp3) is 0.381. The first-order valence-corrected chi connectivity index (χ1v) is 11.2. The predicted octanol–water partition coefficient (Wildman–Crippen LogP) is 4.01. The van der Waals surface area contributed by atoms with Crippen molar-refractivity contribution >= 4 is 15.9 Å². The molecule has 2 aromatic carbocycles. The van der Waals surface area contributed by atoms with Gasteiger partial charge in [-0.05, 0) is 49.6 Å². The molecule has 0 aliphatic carbocycles. The molecule has 0 bridgehead atoms. The molecule has 2 atom stereocenters. The molecular formula is C21H23F3N2O4S. The number of benzene rings is 2. The summed E-state index contributed by atoms with van der Waals surface area (Å²) < 4.78 is 68.1. The Kier molecular flexibility index (Phi) is 6.90. The quantitative estimate of drug-likeness (QED) is 0.713. The molecule has 6 nitrogen and oxygen atoms in total. The number of ether oxygens (including phenoxy) is 1. The minimum Gasteiger partial charge on any atom is -0.406 e. The second-order valence-electron chi connectivity index (χ2n) is 7.29. The van der Waals surface area contributed by atoms with Crippen LogP contribution in [-0.4, -0.2) is 37.6 Å². The number of hydrogen-bond acceptors (Lipinski definition) is 4. The first kappa shape index (κ1) is 23.1. The number of hydrogen-bond donors (Lipinski definition) is 1. The Labute approximate surface area is 179 Å². The molecule has 0 saturated carbocycles. The maximum Gasteiger partial charge on any atom is 0.573 e. The van der Waals surface area contributed by atoms with Gasteiger partial charge in [-0.3, -0.25) is 4.79 Å². The summed E-state index contributed by atoms with van der Waals surface area (Å²) in [6.07, 6.45) is -3.01. The number of piperidine rings is 1. The summed E-state index contributed by atoms with van der Waals surface area (Å²) in [5.74, 6) is -0.801. The highest BCUT2D eigenvalue weighted by molar-refractivity contribution is 7.89. The first-order chi connectivity index (χ1) is 14.6. The van der Waals surface area contributed by atoms with Crippen LogP contribution in [0.15, 0.2) is 59.5 Å². The summed E-state index contributed by atoms with van der Waals surface area (Å²) in [5, 5.41) is 2.78. The minimum absolute atomic E-state index is 0.128. The zero-order valence-corrected chi connectivity index (χ0v) is 17.6.